The summed E-state index contributed by atoms with van der Waals surface area (Å²) in [7, 11) is 0. The van der Waals surface area contributed by atoms with Gasteiger partial charge in [-0.2, -0.15) is 0 Å². The Morgan fingerprint density at radius 1 is 0.964 bits per heavy atom. The van der Waals surface area contributed by atoms with E-state index in [0.29, 0.717) is 6.04 Å². The van der Waals surface area contributed by atoms with Crippen LogP contribution in [0.1, 0.15) is 70.3 Å². The van der Waals surface area contributed by atoms with E-state index in [1.54, 1.807) is 0 Å². The molecule has 150 valence electrons. The number of hydrogen-bond donors (Lipinski definition) is 1. The molecule has 0 spiro atoms. The second kappa shape index (κ2) is 7.76. The molecule has 5 nitrogen and oxygen atoms in total. The van der Waals surface area contributed by atoms with Crippen LogP contribution in [0, 0.1) is 5.92 Å². The number of hydrogen-bond acceptors (Lipinski definition) is 3. The lowest BCUT2D eigenvalue weighted by atomic mass is 9.88. The minimum Gasteiger partial charge on any atom is -0.351 e. The summed E-state index contributed by atoms with van der Waals surface area (Å²) in [5.41, 5.74) is 2.36. The maximum atomic E-state index is 12.7. The van der Waals surface area contributed by atoms with E-state index < -0.39 is 0 Å². The van der Waals surface area contributed by atoms with Gasteiger partial charge in [0, 0.05) is 31.1 Å². The Morgan fingerprint density at radius 3 is 2.54 bits per heavy atom. The van der Waals surface area contributed by atoms with Crippen molar-refractivity contribution in [2.24, 2.45) is 5.92 Å². The van der Waals surface area contributed by atoms with Gasteiger partial charge in [-0.1, -0.05) is 44.2 Å². The van der Waals surface area contributed by atoms with Crippen LogP contribution < -0.4 is 10.2 Å². The highest BCUT2D eigenvalue weighted by atomic mass is 16.2. The lowest BCUT2D eigenvalue weighted by Gasteiger charge is -2.25. The highest BCUT2D eigenvalue weighted by Crippen LogP contribution is 2.37. The molecule has 1 aromatic heterocycles. The molecule has 3 fully saturated rings. The summed E-state index contributed by atoms with van der Waals surface area (Å²) in [4.78, 5) is 20.1. The number of para-hydroxylation sites is 2. The summed E-state index contributed by atoms with van der Waals surface area (Å²) in [6, 6.07) is 9.36. The van der Waals surface area contributed by atoms with Gasteiger partial charge in [0.1, 0.15) is 0 Å². The summed E-state index contributed by atoms with van der Waals surface area (Å²) in [5.74, 6) is 1.64. The second-order valence-corrected chi connectivity index (χ2v) is 8.98. The Balaban J connectivity index is 1.33. The molecule has 5 heteroatoms. The molecular weight excluding hydrogens is 348 g/mol. The van der Waals surface area contributed by atoms with Gasteiger partial charge in [0.05, 0.1) is 11.0 Å². The molecule has 3 aliphatic rings. The monoisotopic (exact) mass is 380 g/mol. The van der Waals surface area contributed by atoms with Crippen molar-refractivity contribution < 1.29 is 4.79 Å². The number of imidazole rings is 1. The molecule has 1 aromatic carbocycles. The van der Waals surface area contributed by atoms with Crippen LogP contribution in [0.3, 0.4) is 0 Å². The number of fused-ring (bicyclic) bond motifs is 1. The van der Waals surface area contributed by atoms with E-state index in [4.69, 9.17) is 4.98 Å². The van der Waals surface area contributed by atoms with E-state index in [1.165, 1.54) is 50.5 Å². The van der Waals surface area contributed by atoms with Crippen LogP contribution in [0.2, 0.25) is 0 Å². The predicted octanol–water partition coefficient (Wildman–Crippen LogP) is 4.43. The van der Waals surface area contributed by atoms with Gasteiger partial charge in [0.25, 0.3) is 0 Å². The molecule has 2 aliphatic carbocycles. The quantitative estimate of drug-likeness (QED) is 0.854. The molecule has 1 aliphatic heterocycles. The first kappa shape index (κ1) is 18.0. The number of carbonyl (C=O) groups is 1. The summed E-state index contributed by atoms with van der Waals surface area (Å²) >= 11 is 0. The van der Waals surface area contributed by atoms with Crippen molar-refractivity contribution in [3.05, 3.63) is 24.3 Å². The third kappa shape index (κ3) is 3.40. The third-order valence-corrected chi connectivity index (χ3v) is 7.06. The minimum absolute atomic E-state index is 0.242. The summed E-state index contributed by atoms with van der Waals surface area (Å²) in [5, 5.41) is 3.35. The zero-order valence-electron chi connectivity index (χ0n) is 16.8. The SMILES string of the molecule is O=C(NC1CCN(c2nc3ccccc3n2C2CCCC2)C1)C1CCCCC1. The van der Waals surface area contributed by atoms with Crippen LogP contribution in [0.15, 0.2) is 24.3 Å². The van der Waals surface area contributed by atoms with Crippen LogP contribution in [-0.4, -0.2) is 34.6 Å². The van der Waals surface area contributed by atoms with E-state index >= 15 is 0 Å². The molecule has 1 saturated heterocycles. The minimum atomic E-state index is 0.242. The largest absolute Gasteiger partial charge is 0.351 e. The molecule has 0 bridgehead atoms. The fraction of sp³-hybridized carbons (Fsp3) is 0.652. The van der Waals surface area contributed by atoms with Gasteiger partial charge in [0.2, 0.25) is 11.9 Å². The molecule has 1 unspecified atom stereocenters. The van der Waals surface area contributed by atoms with Crippen LogP contribution in [0.25, 0.3) is 11.0 Å². The Bertz CT molecular complexity index is 832. The fourth-order valence-corrected chi connectivity index (χ4v) is 5.52. The summed E-state index contributed by atoms with van der Waals surface area (Å²) in [6.45, 7) is 1.86. The molecule has 2 heterocycles. The van der Waals surface area contributed by atoms with Gasteiger partial charge in [0.15, 0.2) is 0 Å². The number of benzene rings is 1. The standard InChI is InChI=1S/C23H32N4O/c28-22(17-8-2-1-3-9-17)24-18-14-15-26(16-18)23-25-20-12-6-7-13-21(20)27(23)19-10-4-5-11-19/h6-7,12-13,17-19H,1-5,8-11,14-16H2,(H,24,28). The zero-order chi connectivity index (χ0) is 18.9. The lowest BCUT2D eigenvalue weighted by Crippen LogP contribution is -2.41. The Kier molecular flexibility index (Phi) is 5.00. The van der Waals surface area contributed by atoms with E-state index in [-0.39, 0.29) is 17.9 Å². The van der Waals surface area contributed by atoms with Gasteiger partial charge < -0.3 is 14.8 Å². The molecule has 1 amide bonds. The van der Waals surface area contributed by atoms with Crippen molar-refractivity contribution in [3.8, 4) is 0 Å². The first-order chi connectivity index (χ1) is 13.8. The fourth-order valence-electron chi connectivity index (χ4n) is 5.52. The van der Waals surface area contributed by atoms with Crippen molar-refractivity contribution in [3.63, 3.8) is 0 Å². The van der Waals surface area contributed by atoms with Crippen LogP contribution in [0.5, 0.6) is 0 Å². The molecule has 5 rings (SSSR count). The molecule has 0 radical (unpaired) electrons. The van der Waals surface area contributed by atoms with Crippen molar-refractivity contribution in [2.45, 2.75) is 76.3 Å². The number of rotatable bonds is 4. The normalized spacial score (nSPS) is 24.3. The molecular formula is C23H32N4O. The average Bonchev–Trinajstić information content (AvgIpc) is 3.47. The lowest BCUT2D eigenvalue weighted by molar-refractivity contribution is -0.126. The molecule has 28 heavy (non-hydrogen) atoms. The van der Waals surface area contributed by atoms with E-state index in [2.05, 4.69) is 39.0 Å². The van der Waals surface area contributed by atoms with Gasteiger partial charge in [-0.3, -0.25) is 4.79 Å². The molecule has 2 saturated carbocycles. The Labute approximate surface area is 167 Å². The highest BCUT2D eigenvalue weighted by Gasteiger charge is 2.32. The highest BCUT2D eigenvalue weighted by molar-refractivity contribution is 5.80. The topological polar surface area (TPSA) is 50.2 Å². The Morgan fingerprint density at radius 2 is 1.71 bits per heavy atom. The van der Waals surface area contributed by atoms with E-state index in [0.717, 1.165) is 43.8 Å². The van der Waals surface area contributed by atoms with Crippen LogP contribution in [0.4, 0.5) is 5.95 Å². The number of carbonyl (C=O) groups excluding carboxylic acids is 1. The van der Waals surface area contributed by atoms with Crippen LogP contribution >= 0.6 is 0 Å². The summed E-state index contributed by atoms with van der Waals surface area (Å²) in [6.07, 6.45) is 12.0. The summed E-state index contributed by atoms with van der Waals surface area (Å²) < 4.78 is 2.49. The van der Waals surface area contributed by atoms with Gasteiger partial charge in [-0.25, -0.2) is 4.98 Å². The van der Waals surface area contributed by atoms with Crippen LogP contribution in [-0.2, 0) is 4.79 Å². The maximum absolute atomic E-state index is 12.7. The smallest absolute Gasteiger partial charge is 0.223 e. The second-order valence-electron chi connectivity index (χ2n) is 8.98. The van der Waals surface area contributed by atoms with Gasteiger partial charge >= 0.3 is 0 Å². The van der Waals surface area contributed by atoms with E-state index in [9.17, 15) is 4.79 Å². The molecule has 1 atom stereocenters. The van der Waals surface area contributed by atoms with Crippen molar-refractivity contribution in [1.29, 1.82) is 0 Å². The zero-order valence-corrected chi connectivity index (χ0v) is 16.8. The maximum Gasteiger partial charge on any atom is 0.223 e. The number of amides is 1. The number of nitrogens with one attached hydrogen (secondary N) is 1. The number of anilines is 1. The third-order valence-electron chi connectivity index (χ3n) is 7.06. The Hall–Kier alpha value is -2.04. The predicted molar refractivity (Wildman–Crippen MR) is 113 cm³/mol. The van der Waals surface area contributed by atoms with Gasteiger partial charge in [-0.15, -0.1) is 0 Å². The van der Waals surface area contributed by atoms with E-state index in [1.807, 2.05) is 0 Å². The van der Waals surface area contributed by atoms with Crippen molar-refractivity contribution in [1.82, 2.24) is 14.9 Å². The molecule has 2 aromatic rings. The molecule has 1 N–H and O–H groups in total. The first-order valence-electron chi connectivity index (χ1n) is 11.3. The van der Waals surface area contributed by atoms with Gasteiger partial charge in [-0.05, 0) is 44.2 Å². The first-order valence-corrected chi connectivity index (χ1v) is 11.3. The van der Waals surface area contributed by atoms with Crippen molar-refractivity contribution in [2.75, 3.05) is 18.0 Å². The number of aromatic nitrogens is 2. The van der Waals surface area contributed by atoms with Crippen molar-refractivity contribution >= 4 is 22.9 Å². The number of nitrogens with zero attached hydrogens (tertiary/aromatic N) is 3. The average molecular weight is 381 g/mol.